The molecule has 0 aliphatic heterocycles. The largest absolute Gasteiger partial charge is 0.472 e. The lowest BCUT2D eigenvalue weighted by atomic mass is 10.0. The molecule has 0 aromatic carbocycles. The average Bonchev–Trinajstić information content (AvgIpc) is 2.91. The van der Waals surface area contributed by atoms with Gasteiger partial charge in [-0.15, -0.1) is 0 Å². The Hall–Kier alpha value is -1.28. The van der Waals surface area contributed by atoms with Crippen LogP contribution in [0.2, 0.25) is 0 Å². The van der Waals surface area contributed by atoms with E-state index < -0.39 is 32.5 Å². The number of carbonyl (C=O) groups excluding carboxylic acids is 3. The summed E-state index contributed by atoms with van der Waals surface area (Å²) in [6.45, 7) is 3.36. The van der Waals surface area contributed by atoms with Crippen molar-refractivity contribution in [3.05, 3.63) is 0 Å². The second-order valence-corrected chi connectivity index (χ2v) is 11.6. The highest BCUT2D eigenvalue weighted by atomic mass is 31.2. The van der Waals surface area contributed by atoms with Crippen LogP contribution in [-0.4, -0.2) is 49.0 Å². The van der Waals surface area contributed by atoms with Crippen molar-refractivity contribution in [3.63, 3.8) is 0 Å². The van der Waals surface area contributed by atoms with Crippen molar-refractivity contribution in [3.8, 4) is 0 Å². The van der Waals surface area contributed by atoms with Crippen LogP contribution in [0.1, 0.15) is 142 Å². The SMILES string of the molecule is CCCCCCCCCCCCCCCCC(=O)OCC(COP(=O)(O)OCCC)OC(=O)CCCCC=O. The molecule has 0 saturated heterocycles. The third-order valence-electron chi connectivity index (χ3n) is 6.30. The topological polar surface area (TPSA) is 125 Å². The zero-order valence-electron chi connectivity index (χ0n) is 24.6. The highest BCUT2D eigenvalue weighted by Gasteiger charge is 2.25. The van der Waals surface area contributed by atoms with Gasteiger partial charge in [0.1, 0.15) is 12.9 Å². The molecule has 0 heterocycles. The Balaban J connectivity index is 4.11. The number of unbranched alkanes of at least 4 members (excludes halogenated alkanes) is 15. The van der Waals surface area contributed by atoms with Crippen molar-refractivity contribution < 1.29 is 42.4 Å². The Morgan fingerprint density at radius 3 is 1.74 bits per heavy atom. The number of hydrogen-bond acceptors (Lipinski definition) is 8. The molecule has 9 nitrogen and oxygen atoms in total. The molecule has 39 heavy (non-hydrogen) atoms. The normalized spacial score (nSPS) is 13.5. The molecule has 10 heteroatoms. The summed E-state index contributed by atoms with van der Waals surface area (Å²) < 4.78 is 32.2. The van der Waals surface area contributed by atoms with Crippen LogP contribution in [-0.2, 0) is 37.5 Å². The maximum absolute atomic E-state index is 12.2. The fourth-order valence-corrected chi connectivity index (χ4v) is 4.84. The molecule has 1 N–H and O–H groups in total. The van der Waals surface area contributed by atoms with Gasteiger partial charge in [-0.2, -0.15) is 0 Å². The van der Waals surface area contributed by atoms with Crippen molar-refractivity contribution in [2.75, 3.05) is 19.8 Å². The Labute approximate surface area is 236 Å². The van der Waals surface area contributed by atoms with Crippen LogP contribution in [0, 0.1) is 0 Å². The minimum Gasteiger partial charge on any atom is -0.462 e. The monoisotopic (exact) mass is 578 g/mol. The van der Waals surface area contributed by atoms with Gasteiger partial charge >= 0.3 is 19.8 Å². The van der Waals surface area contributed by atoms with Gasteiger partial charge in [0.2, 0.25) is 0 Å². The summed E-state index contributed by atoms with van der Waals surface area (Å²) in [5.74, 6) is -0.963. The van der Waals surface area contributed by atoms with Crippen LogP contribution < -0.4 is 0 Å². The summed E-state index contributed by atoms with van der Waals surface area (Å²) in [7, 11) is -4.30. The number of esters is 2. The molecule has 0 bridgehead atoms. The van der Waals surface area contributed by atoms with E-state index in [1.54, 1.807) is 6.92 Å². The van der Waals surface area contributed by atoms with Crippen LogP contribution in [0.5, 0.6) is 0 Å². The first-order chi connectivity index (χ1) is 18.8. The first kappa shape index (κ1) is 37.7. The zero-order valence-corrected chi connectivity index (χ0v) is 25.5. The Morgan fingerprint density at radius 1 is 0.692 bits per heavy atom. The summed E-state index contributed by atoms with van der Waals surface area (Å²) in [6.07, 6.45) is 19.3. The Bertz CT molecular complexity index is 657. The van der Waals surface area contributed by atoms with Crippen LogP contribution in [0.25, 0.3) is 0 Å². The van der Waals surface area contributed by atoms with Crippen LogP contribution in [0.3, 0.4) is 0 Å². The fourth-order valence-electron chi connectivity index (χ4n) is 4.00. The maximum atomic E-state index is 12.2. The third-order valence-corrected chi connectivity index (χ3v) is 7.28. The molecule has 2 atom stereocenters. The van der Waals surface area contributed by atoms with E-state index >= 15 is 0 Å². The third kappa shape index (κ3) is 26.7. The van der Waals surface area contributed by atoms with Gasteiger partial charge in [-0.3, -0.25) is 18.6 Å². The maximum Gasteiger partial charge on any atom is 0.472 e. The van der Waals surface area contributed by atoms with Gasteiger partial charge in [-0.05, 0) is 25.7 Å². The lowest BCUT2D eigenvalue weighted by Gasteiger charge is -2.19. The molecule has 0 aliphatic rings. The van der Waals surface area contributed by atoms with Gasteiger partial charge in [0, 0.05) is 19.3 Å². The molecule has 0 radical (unpaired) electrons. The number of aldehydes is 1. The van der Waals surface area contributed by atoms with Crippen molar-refractivity contribution in [1.29, 1.82) is 0 Å². The van der Waals surface area contributed by atoms with Crippen molar-refractivity contribution >= 4 is 26.0 Å². The first-order valence-corrected chi connectivity index (χ1v) is 16.7. The van der Waals surface area contributed by atoms with E-state index in [4.69, 9.17) is 18.5 Å². The van der Waals surface area contributed by atoms with Gasteiger partial charge in [-0.25, -0.2) is 4.57 Å². The van der Waals surface area contributed by atoms with Gasteiger partial charge in [0.15, 0.2) is 6.10 Å². The number of phosphoric ester groups is 1. The van der Waals surface area contributed by atoms with E-state index in [2.05, 4.69) is 6.92 Å². The van der Waals surface area contributed by atoms with Crippen LogP contribution >= 0.6 is 7.82 Å². The van der Waals surface area contributed by atoms with Gasteiger partial charge in [0.25, 0.3) is 0 Å². The van der Waals surface area contributed by atoms with Crippen molar-refractivity contribution in [2.45, 2.75) is 148 Å². The predicted octanol–water partition coefficient (Wildman–Crippen LogP) is 7.62. The summed E-state index contributed by atoms with van der Waals surface area (Å²) in [5.41, 5.74) is 0. The highest BCUT2D eigenvalue weighted by Crippen LogP contribution is 2.43. The Morgan fingerprint density at radius 2 is 1.21 bits per heavy atom. The quantitative estimate of drug-likeness (QED) is 0.0413. The van der Waals surface area contributed by atoms with Gasteiger partial charge in [-0.1, -0.05) is 97.3 Å². The second kappa shape index (κ2) is 26.9. The minimum atomic E-state index is -4.30. The van der Waals surface area contributed by atoms with E-state index in [-0.39, 0.29) is 26.1 Å². The van der Waals surface area contributed by atoms with Crippen molar-refractivity contribution in [1.82, 2.24) is 0 Å². The van der Waals surface area contributed by atoms with E-state index in [0.29, 0.717) is 25.7 Å². The smallest absolute Gasteiger partial charge is 0.462 e. The molecule has 0 aromatic rings. The number of rotatable bonds is 29. The number of hydrogen-bond donors (Lipinski definition) is 1. The molecule has 0 spiro atoms. The van der Waals surface area contributed by atoms with Crippen LogP contribution in [0.4, 0.5) is 0 Å². The standard InChI is InChI=1S/C29H55O9P/c1-3-5-6-7-8-9-10-11-12-13-14-15-16-18-21-28(31)35-25-27(26-37-39(33,34)36-24-4-2)38-29(32)22-19-17-20-23-30/h23,27H,3-22,24-26H2,1-2H3,(H,33,34). The summed E-state index contributed by atoms with van der Waals surface area (Å²) >= 11 is 0. The predicted molar refractivity (Wildman–Crippen MR) is 152 cm³/mol. The molecular weight excluding hydrogens is 523 g/mol. The molecule has 230 valence electrons. The number of carbonyl (C=O) groups is 3. The minimum absolute atomic E-state index is 0.0448. The summed E-state index contributed by atoms with van der Waals surface area (Å²) in [6, 6.07) is 0. The number of phosphoric acid groups is 1. The van der Waals surface area contributed by atoms with Gasteiger partial charge in [0.05, 0.1) is 13.2 Å². The van der Waals surface area contributed by atoms with Gasteiger partial charge < -0.3 is 19.2 Å². The first-order valence-electron chi connectivity index (χ1n) is 15.2. The lowest BCUT2D eigenvalue weighted by Crippen LogP contribution is -2.29. The molecule has 0 rings (SSSR count). The van der Waals surface area contributed by atoms with E-state index in [1.807, 2.05) is 0 Å². The zero-order chi connectivity index (χ0) is 29.0. The molecular formula is C29H55O9P. The molecule has 0 aromatic heterocycles. The molecule has 0 saturated carbocycles. The summed E-state index contributed by atoms with van der Waals surface area (Å²) in [5, 5.41) is 0. The lowest BCUT2D eigenvalue weighted by molar-refractivity contribution is -0.161. The van der Waals surface area contributed by atoms with E-state index in [0.717, 1.165) is 25.5 Å². The summed E-state index contributed by atoms with van der Waals surface area (Å²) in [4.78, 5) is 44.4. The second-order valence-electron chi connectivity index (χ2n) is 10.2. The molecule has 0 fully saturated rings. The number of ether oxygens (including phenoxy) is 2. The van der Waals surface area contributed by atoms with Crippen LogP contribution in [0.15, 0.2) is 0 Å². The Kier molecular flexibility index (Phi) is 26.0. The highest BCUT2D eigenvalue weighted by molar-refractivity contribution is 7.47. The molecule has 0 aliphatic carbocycles. The van der Waals surface area contributed by atoms with E-state index in [1.165, 1.54) is 70.6 Å². The van der Waals surface area contributed by atoms with Crippen molar-refractivity contribution in [2.24, 2.45) is 0 Å². The molecule has 2 unspecified atom stereocenters. The average molecular weight is 579 g/mol. The molecule has 0 amide bonds. The fraction of sp³-hybridized carbons (Fsp3) is 0.897. The van der Waals surface area contributed by atoms with E-state index in [9.17, 15) is 23.8 Å².